The lowest BCUT2D eigenvalue weighted by molar-refractivity contribution is 0.305. The fourth-order valence-electron chi connectivity index (χ4n) is 1.05. The van der Waals surface area contributed by atoms with Crippen molar-refractivity contribution in [2.45, 2.75) is 32.9 Å². The molecule has 0 fully saturated rings. The predicted molar refractivity (Wildman–Crippen MR) is 51.9 cm³/mol. The van der Waals surface area contributed by atoms with Gasteiger partial charge in [-0.3, -0.25) is 0 Å². The highest BCUT2D eigenvalue weighted by Gasteiger charge is 2.16. The molecule has 0 radical (unpaired) electrons. The van der Waals surface area contributed by atoms with Crippen LogP contribution >= 0.6 is 0 Å². The molecule has 0 saturated heterocycles. The molecule has 15 heavy (non-hydrogen) atoms. The highest BCUT2D eigenvalue weighted by atomic mass is 15.6. The largest absolute Gasteiger partial charge is 0.245 e. The molecule has 2 heterocycles. The van der Waals surface area contributed by atoms with Crippen molar-refractivity contribution in [3.8, 4) is 0 Å². The van der Waals surface area contributed by atoms with Crippen LogP contribution in [0.4, 0.5) is 0 Å². The summed E-state index contributed by atoms with van der Waals surface area (Å²) in [5.41, 5.74) is -0.145. The molecule has 0 aliphatic heterocycles. The minimum Gasteiger partial charge on any atom is -0.245 e. The van der Waals surface area contributed by atoms with Gasteiger partial charge in [0, 0.05) is 0 Å². The lowest BCUT2D eigenvalue weighted by Crippen LogP contribution is -2.24. The second kappa shape index (κ2) is 3.41. The maximum Gasteiger partial charge on any atom is 0.196 e. The summed E-state index contributed by atoms with van der Waals surface area (Å²) < 4.78 is 1.66. The molecule has 0 aliphatic rings. The Morgan fingerprint density at radius 2 is 2.13 bits per heavy atom. The molecule has 7 heteroatoms. The van der Waals surface area contributed by atoms with Gasteiger partial charge in [0.05, 0.1) is 5.54 Å². The van der Waals surface area contributed by atoms with Gasteiger partial charge in [0.25, 0.3) is 0 Å². The van der Waals surface area contributed by atoms with Crippen molar-refractivity contribution in [2.24, 2.45) is 0 Å². The van der Waals surface area contributed by atoms with E-state index in [4.69, 9.17) is 0 Å². The van der Waals surface area contributed by atoms with E-state index in [-0.39, 0.29) is 5.54 Å². The van der Waals surface area contributed by atoms with Crippen LogP contribution in [0, 0.1) is 0 Å². The molecule has 0 bridgehead atoms. The summed E-state index contributed by atoms with van der Waals surface area (Å²) in [6, 6.07) is 0. The van der Waals surface area contributed by atoms with Crippen LogP contribution < -0.4 is 0 Å². The summed E-state index contributed by atoms with van der Waals surface area (Å²) >= 11 is 0. The summed E-state index contributed by atoms with van der Waals surface area (Å²) in [7, 11) is 0. The molecule has 2 aromatic heterocycles. The molecule has 0 atom stereocenters. The third kappa shape index (κ3) is 2.17. The maximum absolute atomic E-state index is 4.26. The topological polar surface area (TPSA) is 74.3 Å². The molecule has 7 nitrogen and oxygen atoms in total. The van der Waals surface area contributed by atoms with E-state index >= 15 is 0 Å². The first kappa shape index (κ1) is 9.75. The summed E-state index contributed by atoms with van der Waals surface area (Å²) in [4.78, 5) is 5.44. The van der Waals surface area contributed by atoms with Gasteiger partial charge in [-0.25, -0.2) is 9.67 Å². The van der Waals surface area contributed by atoms with E-state index in [2.05, 4.69) is 25.5 Å². The molecular formula is C8H13N7. The van der Waals surface area contributed by atoms with Crippen molar-refractivity contribution in [1.29, 1.82) is 0 Å². The Labute approximate surface area is 87.1 Å². The standard InChI is InChI=1S/C8H13N7/c1-8(2,3)15-12-7(11-13-15)4-14-6-9-5-10-14/h5-6H,4H2,1-3H3. The van der Waals surface area contributed by atoms with Crippen molar-refractivity contribution in [1.82, 2.24) is 35.0 Å². The van der Waals surface area contributed by atoms with Gasteiger partial charge in [-0.05, 0) is 26.0 Å². The smallest absolute Gasteiger partial charge is 0.196 e. The van der Waals surface area contributed by atoms with Crippen molar-refractivity contribution < 1.29 is 0 Å². The van der Waals surface area contributed by atoms with E-state index in [0.717, 1.165) is 0 Å². The van der Waals surface area contributed by atoms with Crippen LogP contribution in [0.5, 0.6) is 0 Å². The number of hydrogen-bond donors (Lipinski definition) is 0. The van der Waals surface area contributed by atoms with Crippen molar-refractivity contribution in [3.05, 3.63) is 18.5 Å². The number of tetrazole rings is 1. The van der Waals surface area contributed by atoms with Crippen LogP contribution in [-0.4, -0.2) is 35.0 Å². The van der Waals surface area contributed by atoms with Gasteiger partial charge in [0.15, 0.2) is 5.82 Å². The fourth-order valence-corrected chi connectivity index (χ4v) is 1.05. The third-order valence-corrected chi connectivity index (χ3v) is 1.83. The zero-order valence-electron chi connectivity index (χ0n) is 8.99. The van der Waals surface area contributed by atoms with E-state index in [0.29, 0.717) is 12.4 Å². The van der Waals surface area contributed by atoms with Crippen molar-refractivity contribution >= 4 is 0 Å². The monoisotopic (exact) mass is 207 g/mol. The predicted octanol–water partition coefficient (Wildman–Crippen LogP) is 0.0679. The highest BCUT2D eigenvalue weighted by molar-refractivity contribution is 4.80. The van der Waals surface area contributed by atoms with E-state index in [1.165, 1.54) is 6.33 Å². The zero-order chi connectivity index (χ0) is 10.9. The average molecular weight is 207 g/mol. The highest BCUT2D eigenvalue weighted by Crippen LogP contribution is 2.09. The van der Waals surface area contributed by atoms with Gasteiger partial charge in [-0.2, -0.15) is 9.90 Å². The Bertz CT molecular complexity index is 422. The van der Waals surface area contributed by atoms with Crippen LogP contribution in [0.25, 0.3) is 0 Å². The van der Waals surface area contributed by atoms with Gasteiger partial charge >= 0.3 is 0 Å². The lowest BCUT2D eigenvalue weighted by atomic mass is 10.1. The van der Waals surface area contributed by atoms with E-state index < -0.39 is 0 Å². The first-order chi connectivity index (χ1) is 7.05. The van der Waals surface area contributed by atoms with E-state index in [1.54, 1.807) is 15.8 Å². The molecule has 2 aromatic rings. The van der Waals surface area contributed by atoms with Gasteiger partial charge in [0.2, 0.25) is 0 Å². The number of aromatic nitrogens is 7. The molecule has 80 valence electrons. The lowest BCUT2D eigenvalue weighted by Gasteiger charge is -2.15. The molecule has 0 saturated carbocycles. The average Bonchev–Trinajstić information content (AvgIpc) is 2.73. The Morgan fingerprint density at radius 1 is 1.33 bits per heavy atom. The normalized spacial score (nSPS) is 11.9. The summed E-state index contributed by atoms with van der Waals surface area (Å²) in [5, 5.41) is 16.2. The molecule has 0 unspecified atom stereocenters. The van der Waals surface area contributed by atoms with Crippen molar-refractivity contribution in [3.63, 3.8) is 0 Å². The van der Waals surface area contributed by atoms with Crippen LogP contribution in [0.2, 0.25) is 0 Å². The van der Waals surface area contributed by atoms with Gasteiger partial charge in [-0.15, -0.1) is 10.2 Å². The third-order valence-electron chi connectivity index (χ3n) is 1.83. The second-order valence-electron chi connectivity index (χ2n) is 4.26. The quantitative estimate of drug-likeness (QED) is 0.696. The summed E-state index contributed by atoms with van der Waals surface area (Å²) in [5.74, 6) is 0.635. The number of nitrogens with zero attached hydrogens (tertiary/aromatic N) is 7. The molecule has 0 aliphatic carbocycles. The van der Waals surface area contributed by atoms with Crippen LogP contribution in [0.3, 0.4) is 0 Å². The number of rotatable bonds is 2. The molecule has 2 rings (SSSR count). The molecule has 0 spiro atoms. The number of hydrogen-bond acceptors (Lipinski definition) is 5. The van der Waals surface area contributed by atoms with Gasteiger partial charge < -0.3 is 0 Å². The first-order valence-electron chi connectivity index (χ1n) is 4.67. The molecular weight excluding hydrogens is 194 g/mol. The fraction of sp³-hybridized carbons (Fsp3) is 0.625. The first-order valence-corrected chi connectivity index (χ1v) is 4.67. The van der Waals surface area contributed by atoms with Gasteiger partial charge in [-0.1, -0.05) is 0 Å². The Balaban J connectivity index is 2.15. The maximum atomic E-state index is 4.26. The van der Waals surface area contributed by atoms with E-state index in [1.807, 2.05) is 20.8 Å². The Morgan fingerprint density at radius 3 is 2.67 bits per heavy atom. The zero-order valence-corrected chi connectivity index (χ0v) is 8.99. The molecule has 0 aromatic carbocycles. The van der Waals surface area contributed by atoms with Crippen LogP contribution in [0.15, 0.2) is 12.7 Å². The SMILES string of the molecule is CC(C)(C)n1nnc(Cn2cncn2)n1. The van der Waals surface area contributed by atoms with E-state index in [9.17, 15) is 0 Å². The minimum atomic E-state index is -0.145. The van der Waals surface area contributed by atoms with Crippen molar-refractivity contribution in [2.75, 3.05) is 0 Å². The Kier molecular flexibility index (Phi) is 2.22. The second-order valence-corrected chi connectivity index (χ2v) is 4.26. The molecule has 0 amide bonds. The summed E-state index contributed by atoms with van der Waals surface area (Å²) in [6.45, 7) is 6.56. The van der Waals surface area contributed by atoms with Crippen LogP contribution in [0.1, 0.15) is 26.6 Å². The minimum absolute atomic E-state index is 0.145. The summed E-state index contributed by atoms with van der Waals surface area (Å²) in [6.07, 6.45) is 3.10. The Hall–Kier alpha value is -1.79. The molecule has 0 N–H and O–H groups in total. The van der Waals surface area contributed by atoms with Crippen LogP contribution in [-0.2, 0) is 12.1 Å². The van der Waals surface area contributed by atoms with Gasteiger partial charge in [0.1, 0.15) is 19.2 Å².